The zero-order valence-corrected chi connectivity index (χ0v) is 27.1. The number of allylic oxidation sites excluding steroid dienone is 1. The molecule has 3 aromatic rings. The van der Waals surface area contributed by atoms with E-state index in [1.54, 1.807) is 18.2 Å². The molecule has 3 heterocycles. The molecule has 7 rings (SSSR count). The van der Waals surface area contributed by atoms with E-state index in [4.69, 9.17) is 21.1 Å². The molecule has 0 bridgehead atoms. The van der Waals surface area contributed by atoms with Gasteiger partial charge >= 0.3 is 6.01 Å². The van der Waals surface area contributed by atoms with E-state index >= 15 is 0 Å². The monoisotopic (exact) mass is 635 g/mol. The maximum atomic E-state index is 14.9. The summed E-state index contributed by atoms with van der Waals surface area (Å²) in [6, 6.07) is 6.55. The lowest BCUT2D eigenvalue weighted by molar-refractivity contribution is -0.129. The van der Waals surface area contributed by atoms with Gasteiger partial charge in [-0.3, -0.25) is 9.69 Å². The van der Waals surface area contributed by atoms with Gasteiger partial charge in [0, 0.05) is 24.5 Å². The number of carbonyl (C=O) groups excluding carboxylic acids is 1. The maximum Gasteiger partial charge on any atom is 0.318 e. The normalized spacial score (nSPS) is 19.5. The number of hydrogen-bond donors (Lipinski definition) is 2. The third kappa shape index (κ3) is 5.53. The van der Waals surface area contributed by atoms with Crippen molar-refractivity contribution in [2.24, 2.45) is 0 Å². The molecule has 8 nitrogen and oxygen atoms in total. The SMILES string of the molecule is C#Cc1c(F)ccc2cc(O)cc(C3=Cc4nc(OCC56CCCN5CCC6)nc(NCC5(N(C)C(=O)C=C)CCCC5)c4CC3)c12. The average Bonchev–Trinajstić information content (AvgIpc) is 3.82. The zero-order valence-electron chi connectivity index (χ0n) is 27.1. The van der Waals surface area contributed by atoms with Crippen LogP contribution in [0.1, 0.15) is 80.2 Å². The van der Waals surface area contributed by atoms with Crippen molar-refractivity contribution in [3.8, 4) is 24.1 Å². The summed E-state index contributed by atoms with van der Waals surface area (Å²) >= 11 is 0. The number of carbonyl (C=O) groups is 1. The number of nitrogens with one attached hydrogen (secondary N) is 1. The fraction of sp³-hybridized carbons (Fsp3) is 0.447. The average molecular weight is 636 g/mol. The lowest BCUT2D eigenvalue weighted by Crippen LogP contribution is -2.51. The number of likely N-dealkylation sites (N-methyl/N-ethyl adjacent to an activating group) is 1. The summed E-state index contributed by atoms with van der Waals surface area (Å²) in [5.74, 6) is 2.75. The lowest BCUT2D eigenvalue weighted by Gasteiger charge is -2.39. The van der Waals surface area contributed by atoms with Crippen LogP contribution < -0.4 is 10.1 Å². The van der Waals surface area contributed by atoms with Crippen LogP contribution in [0.15, 0.2) is 36.9 Å². The van der Waals surface area contributed by atoms with Gasteiger partial charge in [-0.2, -0.15) is 9.97 Å². The van der Waals surface area contributed by atoms with E-state index in [1.807, 2.05) is 18.0 Å². The predicted molar refractivity (Wildman–Crippen MR) is 183 cm³/mol. The fourth-order valence-electron chi connectivity index (χ4n) is 8.53. The van der Waals surface area contributed by atoms with Crippen LogP contribution in [-0.2, 0) is 11.2 Å². The Balaban J connectivity index is 1.28. The minimum Gasteiger partial charge on any atom is -0.508 e. The first-order chi connectivity index (χ1) is 22.8. The summed E-state index contributed by atoms with van der Waals surface area (Å²) in [5, 5.41) is 15.5. The number of fused-ring (bicyclic) bond motifs is 3. The number of hydrogen-bond acceptors (Lipinski definition) is 7. The molecule has 3 fully saturated rings. The molecule has 1 amide bonds. The summed E-state index contributed by atoms with van der Waals surface area (Å²) in [7, 11) is 1.86. The van der Waals surface area contributed by atoms with E-state index in [0.29, 0.717) is 54.2 Å². The Morgan fingerprint density at radius 3 is 2.66 bits per heavy atom. The van der Waals surface area contributed by atoms with Crippen molar-refractivity contribution in [2.45, 2.75) is 75.3 Å². The molecule has 2 aliphatic carbocycles. The number of benzene rings is 2. The third-order valence-electron chi connectivity index (χ3n) is 11.1. The van der Waals surface area contributed by atoms with Crippen LogP contribution in [0.25, 0.3) is 22.4 Å². The van der Waals surface area contributed by atoms with Gasteiger partial charge in [0.25, 0.3) is 0 Å². The number of rotatable bonds is 9. The van der Waals surface area contributed by atoms with Crippen LogP contribution in [-0.4, -0.2) is 75.1 Å². The highest BCUT2D eigenvalue weighted by molar-refractivity contribution is 6.02. The predicted octanol–water partition coefficient (Wildman–Crippen LogP) is 6.32. The van der Waals surface area contributed by atoms with Crippen LogP contribution in [0.4, 0.5) is 10.2 Å². The van der Waals surface area contributed by atoms with E-state index < -0.39 is 5.82 Å². The number of phenolic OH excluding ortho intramolecular Hbond substituents is 1. The summed E-state index contributed by atoms with van der Waals surface area (Å²) in [5.41, 5.74) is 3.13. The molecule has 47 heavy (non-hydrogen) atoms. The minimum atomic E-state index is -0.471. The highest BCUT2D eigenvalue weighted by Gasteiger charge is 2.45. The van der Waals surface area contributed by atoms with E-state index in [-0.39, 0.29) is 28.3 Å². The van der Waals surface area contributed by atoms with Crippen LogP contribution in [0.3, 0.4) is 0 Å². The second-order valence-electron chi connectivity index (χ2n) is 13.6. The number of amides is 1. The Bertz CT molecular complexity index is 1810. The van der Waals surface area contributed by atoms with Crippen molar-refractivity contribution in [3.05, 3.63) is 65.1 Å². The first kappa shape index (κ1) is 31.2. The van der Waals surface area contributed by atoms with Crippen LogP contribution in [0, 0.1) is 18.2 Å². The maximum absolute atomic E-state index is 14.9. The highest BCUT2D eigenvalue weighted by Crippen LogP contribution is 2.42. The molecule has 2 saturated heterocycles. The first-order valence-electron chi connectivity index (χ1n) is 16.8. The van der Waals surface area contributed by atoms with Crippen LogP contribution >= 0.6 is 0 Å². The van der Waals surface area contributed by atoms with Gasteiger partial charge in [0.1, 0.15) is 24.0 Å². The molecule has 1 aromatic heterocycles. The molecular formula is C38H42FN5O3. The number of nitrogens with zero attached hydrogens (tertiary/aromatic N) is 4. The largest absolute Gasteiger partial charge is 0.508 e. The quantitative estimate of drug-likeness (QED) is 0.210. The Kier molecular flexibility index (Phi) is 8.17. The van der Waals surface area contributed by atoms with Crippen LogP contribution in [0.2, 0.25) is 0 Å². The van der Waals surface area contributed by atoms with E-state index in [2.05, 4.69) is 22.7 Å². The molecule has 244 valence electrons. The summed E-state index contributed by atoms with van der Waals surface area (Å²) in [6.45, 7) is 6.99. The zero-order chi connectivity index (χ0) is 32.8. The fourth-order valence-corrected chi connectivity index (χ4v) is 8.53. The van der Waals surface area contributed by atoms with Gasteiger partial charge < -0.3 is 20.1 Å². The number of aromatic nitrogens is 2. The number of halogens is 1. The van der Waals surface area contributed by atoms with Gasteiger partial charge in [0.05, 0.1) is 22.3 Å². The van der Waals surface area contributed by atoms with Crippen LogP contribution in [0.5, 0.6) is 11.8 Å². The molecular weight excluding hydrogens is 593 g/mol. The van der Waals surface area contributed by atoms with Crippen molar-refractivity contribution in [1.82, 2.24) is 19.8 Å². The van der Waals surface area contributed by atoms with Gasteiger partial charge in [-0.25, -0.2) is 4.39 Å². The Morgan fingerprint density at radius 1 is 1.17 bits per heavy atom. The van der Waals surface area contributed by atoms with Crippen molar-refractivity contribution in [1.29, 1.82) is 0 Å². The Hall–Kier alpha value is -4.42. The third-order valence-corrected chi connectivity index (χ3v) is 11.1. The number of terminal acetylenes is 1. The standard InChI is InChI=1S/C38H42FN5O3/c1-4-28-31(39)13-11-26-20-27(45)22-30(34(26)28)25-10-12-29-32(21-25)41-36(47-24-38-16-8-18-44(38)19-9-17-38)42-35(29)40-23-37(14-6-7-15-37)43(3)33(46)5-2/h1,5,11,13,20-22,45H,2,6-10,12,14-19,23-24H2,3H3,(H,40,41,42). The van der Waals surface area contributed by atoms with E-state index in [1.165, 1.54) is 25.0 Å². The Labute approximate surface area is 275 Å². The molecule has 0 radical (unpaired) electrons. The van der Waals surface area contributed by atoms with E-state index in [0.717, 1.165) is 68.4 Å². The van der Waals surface area contributed by atoms with Crippen molar-refractivity contribution >= 4 is 34.1 Å². The molecule has 0 spiro atoms. The van der Waals surface area contributed by atoms with Crippen molar-refractivity contribution < 1.29 is 19.0 Å². The smallest absolute Gasteiger partial charge is 0.318 e. The van der Waals surface area contributed by atoms with E-state index in [9.17, 15) is 14.3 Å². The molecule has 2 N–H and O–H groups in total. The number of aromatic hydroxyl groups is 1. The second kappa shape index (κ2) is 12.3. The first-order valence-corrected chi connectivity index (χ1v) is 16.8. The summed E-state index contributed by atoms with van der Waals surface area (Å²) < 4.78 is 21.3. The molecule has 1 saturated carbocycles. The Morgan fingerprint density at radius 2 is 1.94 bits per heavy atom. The highest BCUT2D eigenvalue weighted by atomic mass is 19.1. The van der Waals surface area contributed by atoms with Crippen molar-refractivity contribution in [3.63, 3.8) is 0 Å². The molecule has 0 atom stereocenters. The van der Waals surface area contributed by atoms with Gasteiger partial charge in [-0.15, -0.1) is 6.42 Å². The lowest BCUT2D eigenvalue weighted by atomic mass is 9.87. The van der Waals surface area contributed by atoms with Crippen molar-refractivity contribution in [2.75, 3.05) is 38.6 Å². The van der Waals surface area contributed by atoms with Gasteiger partial charge in [-0.05, 0) is 111 Å². The van der Waals surface area contributed by atoms with Gasteiger partial charge in [-0.1, -0.05) is 31.4 Å². The number of anilines is 1. The number of phenols is 1. The molecule has 4 aliphatic rings. The molecule has 2 aliphatic heterocycles. The molecule has 0 unspecified atom stereocenters. The number of ether oxygens (including phenoxy) is 1. The topological polar surface area (TPSA) is 90.8 Å². The second-order valence-corrected chi connectivity index (χ2v) is 13.6. The minimum absolute atomic E-state index is 0.0334. The van der Waals surface area contributed by atoms with Gasteiger partial charge in [0.15, 0.2) is 0 Å². The summed E-state index contributed by atoms with van der Waals surface area (Å²) in [6.07, 6.45) is 18.8. The summed E-state index contributed by atoms with van der Waals surface area (Å²) in [4.78, 5) is 27.0. The molecule has 9 heteroatoms. The van der Waals surface area contributed by atoms with Gasteiger partial charge in [0.2, 0.25) is 5.91 Å². The molecule has 2 aromatic carbocycles.